The monoisotopic (exact) mass is 1440 g/mol. The van der Waals surface area contributed by atoms with Crippen LogP contribution in [0.2, 0.25) is 0 Å². The molecule has 0 unspecified atom stereocenters. The van der Waals surface area contributed by atoms with Crippen molar-refractivity contribution in [1.29, 1.82) is 0 Å². The van der Waals surface area contributed by atoms with Crippen molar-refractivity contribution in [1.82, 2.24) is 16.0 Å². The molecule has 0 radical (unpaired) electrons. The first kappa shape index (κ1) is 83.4. The summed E-state index contributed by atoms with van der Waals surface area (Å²) >= 11 is 2.79. The van der Waals surface area contributed by atoms with Crippen molar-refractivity contribution >= 4 is 118 Å². The SMILES string of the molecule is COC(=O)c1cc(N)c(S[C@H](C)[C@H](NC(=O)OC(C)(C)C)C(=O)O)cc1F.COC(=O)c1cc([N+](=O)[O-])c(F)cc1F.COC(=O)c1cc([N+](=O)[O-])c(S[C@H](C)[C@H](NC(=O)OC(C)(C)C)C(=O)O)cc1F.COC(=O)c1cc2c(cc1F)S[C@H](C)[C@H](NC(=O)OC(C)(C)C)C(=O)N2. The number of hydrogen-bond donors (Lipinski definition) is 7. The number of thioether (sulfide) groups is 3. The predicted octanol–water partition coefficient (Wildman–Crippen LogP) is 10.2. The number of nitrogens with one attached hydrogen (secondary N) is 4. The van der Waals surface area contributed by atoms with E-state index in [0.29, 0.717) is 28.8 Å². The summed E-state index contributed by atoms with van der Waals surface area (Å²) in [6, 6.07) is 3.06. The summed E-state index contributed by atoms with van der Waals surface area (Å²) in [5.41, 5.74) is 0.345. The lowest BCUT2D eigenvalue weighted by molar-refractivity contribution is -0.387. The quantitative estimate of drug-likeness (QED) is 0.00982. The average molecular weight is 1440 g/mol. The maximum absolute atomic E-state index is 14.2. The molecule has 532 valence electrons. The third-order valence-electron chi connectivity index (χ3n) is 11.7. The molecule has 8 N–H and O–H groups in total. The van der Waals surface area contributed by atoms with Crippen LogP contribution in [0.25, 0.3) is 0 Å². The Bertz CT molecular complexity index is 3660. The van der Waals surface area contributed by atoms with Crippen molar-refractivity contribution in [2.24, 2.45) is 0 Å². The summed E-state index contributed by atoms with van der Waals surface area (Å²) in [5, 5.41) is 47.9. The minimum absolute atomic E-state index is 0.0788. The highest BCUT2D eigenvalue weighted by molar-refractivity contribution is 8.00. The van der Waals surface area contributed by atoms with Gasteiger partial charge in [-0.3, -0.25) is 25.0 Å². The number of esters is 4. The number of rotatable bonds is 17. The van der Waals surface area contributed by atoms with Crippen molar-refractivity contribution in [3.05, 3.63) is 120 Å². The highest BCUT2D eigenvalue weighted by Crippen LogP contribution is 2.39. The number of fused-ring (bicyclic) bond motifs is 1. The minimum Gasteiger partial charge on any atom is -0.480 e. The number of aliphatic carboxylic acids is 2. The first-order valence-corrected chi connectivity index (χ1v) is 30.4. The molecule has 0 fully saturated rings. The van der Waals surface area contributed by atoms with Gasteiger partial charge in [-0.2, -0.15) is 4.39 Å². The summed E-state index contributed by atoms with van der Waals surface area (Å²) in [7, 11) is 4.24. The molecule has 30 nitrogen and oxygen atoms in total. The fraction of sp³-hybridized carbons (Fsp3) is 0.424. The third-order valence-corrected chi connectivity index (χ3v) is 15.4. The van der Waals surface area contributed by atoms with E-state index < -0.39 is 172 Å². The van der Waals surface area contributed by atoms with E-state index in [-0.39, 0.29) is 38.4 Å². The fourth-order valence-electron chi connectivity index (χ4n) is 7.42. The zero-order chi connectivity index (χ0) is 74.7. The van der Waals surface area contributed by atoms with Crippen molar-refractivity contribution in [3.63, 3.8) is 0 Å². The summed E-state index contributed by atoms with van der Waals surface area (Å²) in [6.45, 7) is 19.5. The van der Waals surface area contributed by atoms with Crippen LogP contribution in [0.1, 0.15) is 125 Å². The summed E-state index contributed by atoms with van der Waals surface area (Å²) in [4.78, 5) is 137. The van der Waals surface area contributed by atoms with Gasteiger partial charge in [0.2, 0.25) is 11.7 Å². The number of anilines is 2. The Labute approximate surface area is 562 Å². The van der Waals surface area contributed by atoms with Gasteiger partial charge < -0.3 is 70.4 Å². The van der Waals surface area contributed by atoms with E-state index in [9.17, 15) is 100 Å². The molecular weight excluding hydrogens is 1370 g/mol. The molecule has 0 saturated carbocycles. The molecule has 6 atom stereocenters. The number of nitrogens with zero attached hydrogens (tertiary/aromatic N) is 2. The maximum atomic E-state index is 14.2. The Balaban J connectivity index is 0.000000449. The minimum atomic E-state index is -1.49. The van der Waals surface area contributed by atoms with Gasteiger partial charge in [-0.1, -0.05) is 20.8 Å². The number of carboxylic acids is 2. The lowest BCUT2D eigenvalue weighted by Gasteiger charge is -2.25. The Morgan fingerprint density at radius 2 is 0.907 bits per heavy atom. The van der Waals surface area contributed by atoms with E-state index in [1.165, 1.54) is 37.7 Å². The number of carbonyl (C=O) groups is 10. The van der Waals surface area contributed by atoms with E-state index in [0.717, 1.165) is 58.4 Å². The van der Waals surface area contributed by atoms with Crippen LogP contribution >= 0.6 is 35.3 Å². The Morgan fingerprint density at radius 3 is 1.30 bits per heavy atom. The highest BCUT2D eigenvalue weighted by Gasteiger charge is 2.37. The van der Waals surface area contributed by atoms with Crippen LogP contribution in [0.5, 0.6) is 0 Å². The molecule has 1 aliphatic heterocycles. The van der Waals surface area contributed by atoms with Crippen molar-refractivity contribution < 1.29 is 123 Å². The molecule has 5 rings (SSSR count). The molecule has 97 heavy (non-hydrogen) atoms. The van der Waals surface area contributed by atoms with E-state index in [2.05, 4.69) is 40.2 Å². The number of amides is 4. The summed E-state index contributed by atoms with van der Waals surface area (Å²) in [5.74, 6) is -12.3. The van der Waals surface area contributed by atoms with Gasteiger partial charge in [0.05, 0.1) is 60.0 Å². The lowest BCUT2D eigenvalue weighted by atomic mass is 10.1. The van der Waals surface area contributed by atoms with E-state index >= 15 is 0 Å². The number of hydrogen-bond acceptors (Lipinski definition) is 25. The van der Waals surface area contributed by atoms with Crippen LogP contribution in [0.15, 0.2) is 63.2 Å². The highest BCUT2D eigenvalue weighted by atomic mass is 32.2. The zero-order valence-electron chi connectivity index (χ0n) is 54.6. The Morgan fingerprint density at radius 1 is 0.557 bits per heavy atom. The van der Waals surface area contributed by atoms with Gasteiger partial charge in [0, 0.05) is 49.4 Å². The number of benzene rings is 4. The molecular formula is C59H70F5N7O23S3. The number of ether oxygens (including phenoxy) is 7. The molecule has 0 aliphatic carbocycles. The van der Waals surface area contributed by atoms with Crippen molar-refractivity contribution in [2.75, 3.05) is 39.5 Å². The lowest BCUT2D eigenvalue weighted by Crippen LogP contribution is -2.49. The summed E-state index contributed by atoms with van der Waals surface area (Å²) in [6.07, 6.45) is -2.60. The third kappa shape index (κ3) is 26.1. The number of methoxy groups -OCH3 is 4. The van der Waals surface area contributed by atoms with E-state index in [4.69, 9.17) is 19.9 Å². The predicted molar refractivity (Wildman–Crippen MR) is 338 cm³/mol. The molecule has 0 aromatic heterocycles. The number of nitrogen functional groups attached to an aromatic ring is 1. The van der Waals surface area contributed by atoms with Crippen LogP contribution in [0, 0.1) is 49.3 Å². The molecule has 38 heteroatoms. The van der Waals surface area contributed by atoms with Gasteiger partial charge in [-0.15, -0.1) is 35.3 Å². The Kier molecular flexibility index (Phi) is 30.8. The molecule has 1 heterocycles. The molecule has 4 aromatic rings. The van der Waals surface area contributed by atoms with Gasteiger partial charge in [0.15, 0.2) is 0 Å². The van der Waals surface area contributed by atoms with Crippen LogP contribution < -0.4 is 27.0 Å². The molecule has 4 aromatic carbocycles. The Hall–Kier alpha value is -9.72. The number of nitro groups is 2. The second kappa shape index (κ2) is 35.9. The zero-order valence-corrected chi connectivity index (χ0v) is 57.1. The van der Waals surface area contributed by atoms with E-state index in [1.807, 2.05) is 0 Å². The number of carboxylic acid groups (broad SMARTS) is 2. The maximum Gasteiger partial charge on any atom is 0.408 e. The van der Waals surface area contributed by atoms with E-state index in [1.54, 1.807) is 69.2 Å². The normalized spacial score (nSPS) is 14.5. The number of nitrogens with two attached hydrogens (primary N) is 1. The van der Waals surface area contributed by atoms with Crippen LogP contribution in [-0.4, -0.2) is 159 Å². The van der Waals surface area contributed by atoms with Crippen molar-refractivity contribution in [2.45, 2.75) is 148 Å². The molecule has 0 bridgehead atoms. The standard InChI is InChI=1S/C17H21FN2O8S.C17H23FN2O6S.C17H21FN2O5S.C8H5F2NO4/c1-8(13(14(21)22)19-16(24)28-17(2,3)4)29-12-7-10(18)9(15(23)27-5)6-11(12)20(25)26;1-8(13(14(21)22)20-16(24)26-17(2,3)4)27-12-7-10(18)9(6-11(12)19)15(23)25-5;1-8-13(20-16(23)25-17(2,3)4)14(21)19-11-6-9(15(22)24-5)10(18)7-12(11)26-8;1-15-8(12)4-2-7(11(13)14)6(10)3-5(4)9/h6-8,13H,1-5H3,(H,19,24)(H,21,22);6-8,13H,19H2,1-5H3,(H,20,24)(H,21,22);6-8,13H,1-5H3,(H,19,21)(H,20,23);2-3H,1H3/t3*8-,13+;/m111./s1. The van der Waals surface area contributed by atoms with Crippen molar-refractivity contribution in [3.8, 4) is 0 Å². The number of alkyl carbamates (subject to hydrolysis) is 3. The second-order valence-corrected chi connectivity index (χ2v) is 27.0. The van der Waals surface area contributed by atoms with Crippen LogP contribution in [0.4, 0.5) is 59.1 Å². The molecule has 0 spiro atoms. The molecule has 4 amide bonds. The fourth-order valence-corrected chi connectivity index (χ4v) is 10.8. The molecule has 1 aliphatic rings. The van der Waals surface area contributed by atoms with Gasteiger partial charge >= 0.3 is 59.8 Å². The molecule has 0 saturated heterocycles. The van der Waals surface area contributed by atoms with Gasteiger partial charge in [-0.05, 0) is 92.6 Å². The van der Waals surface area contributed by atoms with Crippen LogP contribution in [0.3, 0.4) is 0 Å². The van der Waals surface area contributed by atoms with Gasteiger partial charge in [0.25, 0.3) is 5.69 Å². The average Bonchev–Trinajstić information content (AvgIpc) is 2.00. The number of carbonyl (C=O) groups excluding carboxylic acids is 8. The number of nitro benzene ring substituents is 2. The van der Waals surface area contributed by atoms with Crippen LogP contribution in [-0.2, 0) is 47.5 Å². The summed E-state index contributed by atoms with van der Waals surface area (Å²) < 4.78 is 101. The first-order valence-electron chi connectivity index (χ1n) is 27.7. The van der Waals surface area contributed by atoms with Gasteiger partial charge in [-0.25, -0.2) is 60.7 Å². The number of halogens is 5. The second-order valence-electron chi connectivity index (χ2n) is 22.8. The smallest absolute Gasteiger partial charge is 0.408 e. The largest absolute Gasteiger partial charge is 0.480 e. The first-order chi connectivity index (χ1) is 44.6. The van der Waals surface area contributed by atoms with Gasteiger partial charge in [0.1, 0.15) is 69.3 Å². The topological polar surface area (TPSA) is 436 Å².